The van der Waals surface area contributed by atoms with Crippen LogP contribution < -0.4 is 10.6 Å². The highest BCUT2D eigenvalue weighted by Crippen LogP contribution is 2.55. The summed E-state index contributed by atoms with van der Waals surface area (Å²) in [5, 5.41) is 17.9. The van der Waals surface area contributed by atoms with Crippen molar-refractivity contribution < 1.29 is 19.4 Å². The maximum atomic E-state index is 12.9. The summed E-state index contributed by atoms with van der Waals surface area (Å²) in [7, 11) is 1.60. The smallest absolute Gasteiger partial charge is 0.223 e. The first-order valence-corrected chi connectivity index (χ1v) is 12.0. The molecule has 30 heavy (non-hydrogen) atoms. The van der Waals surface area contributed by atoms with E-state index < -0.39 is 6.10 Å². The van der Waals surface area contributed by atoms with Gasteiger partial charge in [0.05, 0.1) is 12.7 Å². The zero-order valence-corrected chi connectivity index (χ0v) is 19.3. The highest BCUT2D eigenvalue weighted by atomic mass is 16.5. The maximum absolute atomic E-state index is 12.9. The third-order valence-electron chi connectivity index (χ3n) is 8.52. The Morgan fingerprint density at radius 2 is 1.80 bits per heavy atom. The molecule has 6 nitrogen and oxygen atoms in total. The van der Waals surface area contributed by atoms with E-state index in [2.05, 4.69) is 24.5 Å². The Morgan fingerprint density at radius 3 is 2.47 bits per heavy atom. The minimum absolute atomic E-state index is 0.0171. The van der Waals surface area contributed by atoms with Crippen molar-refractivity contribution in [1.29, 1.82) is 0 Å². The van der Waals surface area contributed by atoms with Gasteiger partial charge in [-0.15, -0.1) is 0 Å². The van der Waals surface area contributed by atoms with Gasteiger partial charge in [0, 0.05) is 31.5 Å². The van der Waals surface area contributed by atoms with E-state index in [-0.39, 0.29) is 46.9 Å². The van der Waals surface area contributed by atoms with Crippen LogP contribution in [0.4, 0.5) is 0 Å². The average Bonchev–Trinajstić information content (AvgIpc) is 3.21. The summed E-state index contributed by atoms with van der Waals surface area (Å²) in [5.74, 6) is 0.187. The lowest BCUT2D eigenvalue weighted by molar-refractivity contribution is -0.144. The molecule has 7 atom stereocenters. The van der Waals surface area contributed by atoms with E-state index >= 15 is 0 Å². The molecule has 0 aromatic heterocycles. The van der Waals surface area contributed by atoms with E-state index in [9.17, 15) is 14.7 Å². The Bertz CT molecular complexity index is 606. The summed E-state index contributed by atoms with van der Waals surface area (Å²) >= 11 is 0. The largest absolute Gasteiger partial charge is 0.392 e. The number of rotatable bonds is 7. The lowest BCUT2D eigenvalue weighted by Gasteiger charge is -2.56. The summed E-state index contributed by atoms with van der Waals surface area (Å²) in [6, 6.07) is 0.384. The van der Waals surface area contributed by atoms with Gasteiger partial charge in [0.1, 0.15) is 0 Å². The fraction of sp³-hybridized carbons (Fsp3) is 0.917. The number of ether oxygens (including phenoxy) is 1. The van der Waals surface area contributed by atoms with E-state index in [4.69, 9.17) is 4.74 Å². The van der Waals surface area contributed by atoms with Crippen LogP contribution in [0.1, 0.15) is 78.6 Å². The number of methoxy groups -OCH3 is 1. The lowest BCUT2D eigenvalue weighted by Crippen LogP contribution is -2.58. The summed E-state index contributed by atoms with van der Waals surface area (Å²) in [5.41, 5.74) is 0.0741. The van der Waals surface area contributed by atoms with Crippen molar-refractivity contribution >= 4 is 11.8 Å². The molecule has 3 aliphatic carbocycles. The third kappa shape index (κ3) is 5.01. The van der Waals surface area contributed by atoms with E-state index in [1.54, 1.807) is 7.11 Å². The van der Waals surface area contributed by atoms with Crippen LogP contribution in [0.2, 0.25) is 0 Å². The quantitative estimate of drug-likeness (QED) is 0.588. The number of carbonyl (C=O) groups is 2. The monoisotopic (exact) mass is 422 g/mol. The van der Waals surface area contributed by atoms with Crippen LogP contribution >= 0.6 is 0 Å². The maximum Gasteiger partial charge on any atom is 0.223 e. The van der Waals surface area contributed by atoms with Crippen LogP contribution in [0, 0.1) is 29.1 Å². The molecule has 6 heteroatoms. The predicted molar refractivity (Wildman–Crippen MR) is 117 cm³/mol. The molecular formula is C24H42N2O4. The molecule has 0 heterocycles. The van der Waals surface area contributed by atoms with Crippen molar-refractivity contribution in [2.24, 2.45) is 29.1 Å². The molecular weight excluding hydrogens is 380 g/mol. The van der Waals surface area contributed by atoms with Crippen LogP contribution in [0.5, 0.6) is 0 Å². The zero-order chi connectivity index (χ0) is 21.9. The number of hydrogen-bond donors (Lipinski definition) is 3. The van der Waals surface area contributed by atoms with E-state index in [0.717, 1.165) is 38.5 Å². The Hall–Kier alpha value is -1.14. The standard InChI is InChI=1S/C24H42N2O4/c1-15(23(29)25-17-7-5-6-8-17)18-9-12-24(3)13-10-19(16(2)21(24)22(18)28)26-20(27)11-14-30-4/h15-19,21-22,28H,5-14H2,1-4H3,(H,25,29)(H,26,27)/t15-,16+,18-,19-,21+,22-,24-/m0/s1. The van der Waals surface area contributed by atoms with Crippen molar-refractivity contribution in [3.8, 4) is 0 Å². The molecule has 172 valence electrons. The Kier molecular flexibility index (Phi) is 7.83. The van der Waals surface area contributed by atoms with Gasteiger partial charge >= 0.3 is 0 Å². The molecule has 0 aliphatic heterocycles. The van der Waals surface area contributed by atoms with Crippen molar-refractivity contribution in [2.45, 2.75) is 96.7 Å². The molecule has 2 amide bonds. The van der Waals surface area contributed by atoms with Gasteiger partial charge in [-0.3, -0.25) is 9.59 Å². The molecule has 3 fully saturated rings. The Labute approximate surface area is 181 Å². The predicted octanol–water partition coefficient (Wildman–Crippen LogP) is 3.03. The zero-order valence-electron chi connectivity index (χ0n) is 19.3. The molecule has 0 aromatic rings. The Balaban J connectivity index is 1.65. The van der Waals surface area contributed by atoms with Gasteiger partial charge < -0.3 is 20.5 Å². The fourth-order valence-corrected chi connectivity index (χ4v) is 6.57. The highest BCUT2D eigenvalue weighted by molar-refractivity contribution is 5.79. The van der Waals surface area contributed by atoms with Gasteiger partial charge in [0.2, 0.25) is 11.8 Å². The summed E-state index contributed by atoms with van der Waals surface area (Å²) in [6.45, 7) is 6.86. The van der Waals surface area contributed by atoms with Crippen LogP contribution in [0.15, 0.2) is 0 Å². The molecule has 3 rings (SSSR count). The topological polar surface area (TPSA) is 87.7 Å². The van der Waals surface area contributed by atoms with Crippen molar-refractivity contribution in [3.63, 3.8) is 0 Å². The summed E-state index contributed by atoms with van der Waals surface area (Å²) in [6.07, 6.45) is 8.28. The van der Waals surface area contributed by atoms with E-state index in [1.807, 2.05) is 6.92 Å². The minimum atomic E-state index is -0.512. The molecule has 0 radical (unpaired) electrons. The first-order valence-electron chi connectivity index (χ1n) is 12.0. The molecule has 0 unspecified atom stereocenters. The van der Waals surface area contributed by atoms with Gasteiger partial charge in [-0.2, -0.15) is 0 Å². The first kappa shape index (κ1) is 23.5. The molecule has 0 aromatic carbocycles. The second kappa shape index (κ2) is 9.99. The van der Waals surface area contributed by atoms with Gasteiger partial charge in [-0.05, 0) is 61.7 Å². The number of nitrogens with one attached hydrogen (secondary N) is 2. The van der Waals surface area contributed by atoms with Gasteiger partial charge in [-0.25, -0.2) is 0 Å². The summed E-state index contributed by atoms with van der Waals surface area (Å²) < 4.78 is 5.02. The van der Waals surface area contributed by atoms with Crippen LogP contribution in [-0.4, -0.2) is 48.8 Å². The number of fused-ring (bicyclic) bond motifs is 1. The summed E-state index contributed by atoms with van der Waals surface area (Å²) in [4.78, 5) is 25.1. The van der Waals surface area contributed by atoms with Crippen molar-refractivity contribution in [2.75, 3.05) is 13.7 Å². The molecule has 0 saturated heterocycles. The van der Waals surface area contributed by atoms with Crippen molar-refractivity contribution in [1.82, 2.24) is 10.6 Å². The SMILES string of the molecule is COCCC(=O)N[C@H]1CC[C@]2(C)CC[C@@H]([C@H](C)C(=O)NC3CCCC3)[C@H](O)[C@H]2[C@@H]1C. The van der Waals surface area contributed by atoms with Crippen LogP contribution in [0.3, 0.4) is 0 Å². The van der Waals surface area contributed by atoms with Crippen molar-refractivity contribution in [3.05, 3.63) is 0 Å². The normalized spacial score (nSPS) is 38.0. The number of aliphatic hydroxyl groups is 1. The minimum Gasteiger partial charge on any atom is -0.392 e. The third-order valence-corrected chi connectivity index (χ3v) is 8.52. The van der Waals surface area contributed by atoms with E-state index in [1.165, 1.54) is 12.8 Å². The van der Waals surface area contributed by atoms with Gasteiger partial charge in [0.15, 0.2) is 0 Å². The van der Waals surface area contributed by atoms with Crippen LogP contribution in [-0.2, 0) is 14.3 Å². The van der Waals surface area contributed by atoms with Crippen LogP contribution in [0.25, 0.3) is 0 Å². The van der Waals surface area contributed by atoms with Gasteiger partial charge in [-0.1, -0.05) is 33.6 Å². The molecule has 0 bridgehead atoms. The van der Waals surface area contributed by atoms with Gasteiger partial charge in [0.25, 0.3) is 0 Å². The fourth-order valence-electron chi connectivity index (χ4n) is 6.57. The second-order valence-corrected chi connectivity index (χ2v) is 10.5. The first-order chi connectivity index (χ1) is 14.3. The number of hydrogen-bond acceptors (Lipinski definition) is 4. The number of carbonyl (C=O) groups excluding carboxylic acids is 2. The second-order valence-electron chi connectivity index (χ2n) is 10.5. The highest BCUT2D eigenvalue weighted by Gasteiger charge is 2.53. The van der Waals surface area contributed by atoms with E-state index in [0.29, 0.717) is 19.1 Å². The lowest BCUT2D eigenvalue weighted by atomic mass is 9.51. The number of amides is 2. The Morgan fingerprint density at radius 1 is 1.13 bits per heavy atom. The molecule has 3 N–H and O–H groups in total. The number of aliphatic hydroxyl groups excluding tert-OH is 1. The average molecular weight is 423 g/mol. The molecule has 3 aliphatic rings. The molecule has 3 saturated carbocycles. The molecule has 0 spiro atoms.